The molecule has 0 spiro atoms. The SMILES string of the molecule is O=C(Nc1ccc(Cl)c(-c2nccc3ccccc23)c1)c1ccc(NS(=O)(=O)C2CC2)cc1Cl. The zero-order chi connectivity index (χ0) is 23.9. The van der Waals surface area contributed by atoms with E-state index >= 15 is 0 Å². The lowest BCUT2D eigenvalue weighted by Gasteiger charge is -2.12. The van der Waals surface area contributed by atoms with Gasteiger partial charge in [0.1, 0.15) is 0 Å². The van der Waals surface area contributed by atoms with Crippen LogP contribution in [0.2, 0.25) is 10.0 Å². The minimum atomic E-state index is -3.42. The number of amides is 1. The van der Waals surface area contributed by atoms with Gasteiger partial charge in [-0.3, -0.25) is 14.5 Å². The molecule has 5 rings (SSSR count). The lowest BCUT2D eigenvalue weighted by Crippen LogP contribution is -2.18. The number of nitrogens with zero attached hydrogens (tertiary/aromatic N) is 1. The highest BCUT2D eigenvalue weighted by Crippen LogP contribution is 2.34. The number of hydrogen-bond acceptors (Lipinski definition) is 4. The van der Waals surface area contributed by atoms with E-state index in [1.807, 2.05) is 30.3 Å². The van der Waals surface area contributed by atoms with Crippen LogP contribution in [0.3, 0.4) is 0 Å². The van der Waals surface area contributed by atoms with Crippen molar-refractivity contribution in [3.05, 3.63) is 88.5 Å². The summed E-state index contributed by atoms with van der Waals surface area (Å²) in [6.45, 7) is 0. The summed E-state index contributed by atoms with van der Waals surface area (Å²) in [5, 5.41) is 5.10. The van der Waals surface area contributed by atoms with Crippen molar-refractivity contribution in [1.29, 1.82) is 0 Å². The van der Waals surface area contributed by atoms with Gasteiger partial charge in [0.05, 0.1) is 32.2 Å². The first-order valence-corrected chi connectivity index (χ1v) is 12.9. The van der Waals surface area contributed by atoms with Gasteiger partial charge in [0.25, 0.3) is 5.91 Å². The van der Waals surface area contributed by atoms with Crippen LogP contribution in [-0.2, 0) is 10.0 Å². The van der Waals surface area contributed by atoms with E-state index in [9.17, 15) is 13.2 Å². The molecule has 9 heteroatoms. The Morgan fingerprint density at radius 3 is 2.44 bits per heavy atom. The Morgan fingerprint density at radius 1 is 0.912 bits per heavy atom. The van der Waals surface area contributed by atoms with Crippen LogP contribution in [0.15, 0.2) is 72.9 Å². The molecule has 0 aliphatic heterocycles. The third-order valence-electron chi connectivity index (χ3n) is 5.59. The Balaban J connectivity index is 1.40. The predicted octanol–water partition coefficient (Wildman–Crippen LogP) is 6.37. The van der Waals surface area contributed by atoms with Crippen LogP contribution in [0.1, 0.15) is 23.2 Å². The molecular weight excluding hydrogens is 493 g/mol. The fourth-order valence-corrected chi connectivity index (χ4v) is 5.56. The molecule has 1 aromatic heterocycles. The van der Waals surface area contributed by atoms with E-state index in [4.69, 9.17) is 23.2 Å². The Morgan fingerprint density at radius 2 is 1.68 bits per heavy atom. The number of pyridine rings is 1. The molecule has 1 aliphatic rings. The molecule has 1 saturated carbocycles. The Bertz CT molecular complexity index is 1530. The van der Waals surface area contributed by atoms with Crippen molar-refractivity contribution in [2.75, 3.05) is 10.0 Å². The molecule has 0 radical (unpaired) electrons. The first-order valence-electron chi connectivity index (χ1n) is 10.6. The maximum absolute atomic E-state index is 12.9. The average Bonchev–Trinajstić information content (AvgIpc) is 3.66. The molecule has 1 aliphatic carbocycles. The number of halogens is 2. The largest absolute Gasteiger partial charge is 0.322 e. The summed E-state index contributed by atoms with van der Waals surface area (Å²) in [7, 11) is -3.42. The van der Waals surface area contributed by atoms with E-state index in [1.165, 1.54) is 18.2 Å². The van der Waals surface area contributed by atoms with Crippen molar-refractivity contribution >= 4 is 61.3 Å². The van der Waals surface area contributed by atoms with Crippen LogP contribution in [0.4, 0.5) is 11.4 Å². The van der Waals surface area contributed by atoms with Crippen molar-refractivity contribution in [3.63, 3.8) is 0 Å². The molecular formula is C25H19Cl2N3O3S. The second-order valence-corrected chi connectivity index (χ2v) is 10.8. The van der Waals surface area contributed by atoms with Crippen molar-refractivity contribution in [2.45, 2.75) is 18.1 Å². The zero-order valence-electron chi connectivity index (χ0n) is 17.8. The maximum Gasteiger partial charge on any atom is 0.257 e. The quantitative estimate of drug-likeness (QED) is 0.315. The van der Waals surface area contributed by atoms with Gasteiger partial charge in [0, 0.05) is 22.8 Å². The van der Waals surface area contributed by atoms with Gasteiger partial charge in [0.15, 0.2) is 0 Å². The van der Waals surface area contributed by atoms with E-state index in [1.54, 1.807) is 24.4 Å². The van der Waals surface area contributed by atoms with Crippen LogP contribution in [-0.4, -0.2) is 24.6 Å². The lowest BCUT2D eigenvalue weighted by atomic mass is 10.0. The number of benzene rings is 3. The predicted molar refractivity (Wildman–Crippen MR) is 137 cm³/mol. The number of nitrogens with one attached hydrogen (secondary N) is 2. The monoisotopic (exact) mass is 511 g/mol. The molecule has 3 aromatic carbocycles. The van der Waals surface area contributed by atoms with Crippen LogP contribution in [0.25, 0.3) is 22.0 Å². The average molecular weight is 512 g/mol. The standard InChI is InChI=1S/C25H19Cl2N3O3S/c26-22-10-6-16(13-21(22)24-19-4-2-1-3-15(19)11-12-28-24)29-25(31)20-9-5-17(14-23(20)27)30-34(32,33)18-7-8-18/h1-6,9-14,18,30H,7-8H2,(H,29,31). The lowest BCUT2D eigenvalue weighted by molar-refractivity contribution is 0.102. The number of aromatic nitrogens is 1. The molecule has 0 saturated heterocycles. The first kappa shape index (κ1) is 22.7. The van der Waals surface area contributed by atoms with Crippen LogP contribution >= 0.6 is 23.2 Å². The van der Waals surface area contributed by atoms with Gasteiger partial charge in [-0.05, 0) is 60.7 Å². The number of rotatable bonds is 6. The maximum atomic E-state index is 12.9. The number of carbonyl (C=O) groups is 1. The summed E-state index contributed by atoms with van der Waals surface area (Å²) in [4.78, 5) is 17.4. The molecule has 34 heavy (non-hydrogen) atoms. The van der Waals surface area contributed by atoms with E-state index in [-0.39, 0.29) is 15.8 Å². The summed E-state index contributed by atoms with van der Waals surface area (Å²) < 4.78 is 26.8. The highest BCUT2D eigenvalue weighted by molar-refractivity contribution is 7.93. The fraction of sp³-hybridized carbons (Fsp3) is 0.120. The van der Waals surface area contributed by atoms with Crippen LogP contribution in [0.5, 0.6) is 0 Å². The third kappa shape index (κ3) is 4.59. The van der Waals surface area contributed by atoms with Gasteiger partial charge >= 0.3 is 0 Å². The summed E-state index contributed by atoms with van der Waals surface area (Å²) in [5.41, 5.74) is 2.46. The van der Waals surface area contributed by atoms with Gasteiger partial charge in [-0.1, -0.05) is 47.5 Å². The molecule has 1 heterocycles. The Kier molecular flexibility index (Phi) is 5.93. The van der Waals surface area contributed by atoms with Crippen molar-refractivity contribution in [3.8, 4) is 11.3 Å². The van der Waals surface area contributed by atoms with Crippen LogP contribution in [0, 0.1) is 0 Å². The summed E-state index contributed by atoms with van der Waals surface area (Å²) in [6, 6.07) is 19.4. The van der Waals surface area contributed by atoms with Crippen molar-refractivity contribution in [1.82, 2.24) is 4.98 Å². The van der Waals surface area contributed by atoms with Crippen molar-refractivity contribution in [2.24, 2.45) is 0 Å². The Labute approximate surface area is 207 Å². The first-order chi connectivity index (χ1) is 16.3. The molecule has 1 fully saturated rings. The van der Waals surface area contributed by atoms with Gasteiger partial charge < -0.3 is 5.32 Å². The summed E-state index contributed by atoms with van der Waals surface area (Å²) >= 11 is 12.8. The second-order valence-electron chi connectivity index (χ2n) is 8.07. The van der Waals surface area contributed by atoms with Crippen LogP contribution < -0.4 is 10.0 Å². The molecule has 6 nitrogen and oxygen atoms in total. The topological polar surface area (TPSA) is 88.2 Å². The minimum Gasteiger partial charge on any atom is -0.322 e. The number of carbonyl (C=O) groups excluding carboxylic acids is 1. The second kappa shape index (κ2) is 8.91. The summed E-state index contributed by atoms with van der Waals surface area (Å²) in [5.74, 6) is -0.430. The third-order valence-corrected chi connectivity index (χ3v) is 8.10. The Hall–Kier alpha value is -3.13. The van der Waals surface area contributed by atoms with Gasteiger partial charge in [-0.2, -0.15) is 0 Å². The smallest absolute Gasteiger partial charge is 0.257 e. The molecule has 0 bridgehead atoms. The number of sulfonamides is 1. The number of fused-ring (bicyclic) bond motifs is 1. The highest BCUT2D eigenvalue weighted by atomic mass is 35.5. The van der Waals surface area contributed by atoms with Gasteiger partial charge in [-0.25, -0.2) is 8.42 Å². The van der Waals surface area contributed by atoms with Gasteiger partial charge in [-0.15, -0.1) is 0 Å². The zero-order valence-corrected chi connectivity index (χ0v) is 20.1. The van der Waals surface area contributed by atoms with E-state index in [0.29, 0.717) is 40.5 Å². The molecule has 0 unspecified atom stereocenters. The van der Waals surface area contributed by atoms with E-state index < -0.39 is 15.9 Å². The van der Waals surface area contributed by atoms with Crippen molar-refractivity contribution < 1.29 is 13.2 Å². The molecule has 1 amide bonds. The number of hydrogen-bond donors (Lipinski definition) is 2. The number of anilines is 2. The fourth-order valence-electron chi connectivity index (χ4n) is 3.71. The highest BCUT2D eigenvalue weighted by Gasteiger charge is 2.35. The molecule has 2 N–H and O–H groups in total. The van der Waals surface area contributed by atoms with Gasteiger partial charge in [0.2, 0.25) is 10.0 Å². The van der Waals surface area contributed by atoms with E-state index in [0.717, 1.165) is 10.8 Å². The summed E-state index contributed by atoms with van der Waals surface area (Å²) in [6.07, 6.45) is 3.03. The normalized spacial score (nSPS) is 13.6. The minimum absolute atomic E-state index is 0.137. The molecule has 4 aromatic rings. The van der Waals surface area contributed by atoms with E-state index in [2.05, 4.69) is 15.0 Å². The molecule has 172 valence electrons. The molecule has 0 atom stereocenters.